The quantitative estimate of drug-likeness (QED) is 0.521. The van der Waals surface area contributed by atoms with Gasteiger partial charge in [-0.15, -0.1) is 11.3 Å². The number of nitro groups is 1. The number of hydrogen-bond acceptors (Lipinski definition) is 5. The molecule has 0 aliphatic heterocycles. The number of carbonyl (C=O) groups is 1. The van der Waals surface area contributed by atoms with Crippen LogP contribution in [0.25, 0.3) is 0 Å². The van der Waals surface area contributed by atoms with E-state index in [0.717, 1.165) is 4.88 Å². The van der Waals surface area contributed by atoms with Gasteiger partial charge < -0.3 is 0 Å². The van der Waals surface area contributed by atoms with Crippen molar-refractivity contribution >= 4 is 40.7 Å². The fraction of sp³-hybridized carbons (Fsp3) is 0.0769. The predicted octanol–water partition coefficient (Wildman–Crippen LogP) is 3.00. The summed E-state index contributed by atoms with van der Waals surface area (Å²) in [5.41, 5.74) is 3.05. The number of halogens is 1. The number of hydrazone groups is 1. The highest BCUT2D eigenvalue weighted by Gasteiger charge is 2.06. The van der Waals surface area contributed by atoms with Gasteiger partial charge in [0.1, 0.15) is 0 Å². The Kier molecular flexibility index (Phi) is 5.02. The Labute approximate surface area is 129 Å². The zero-order valence-corrected chi connectivity index (χ0v) is 12.2. The topological polar surface area (TPSA) is 84.6 Å². The summed E-state index contributed by atoms with van der Waals surface area (Å²) in [7, 11) is 0. The van der Waals surface area contributed by atoms with Gasteiger partial charge in [-0.1, -0.05) is 23.7 Å². The molecule has 0 saturated heterocycles. The number of benzene rings is 1. The highest BCUT2D eigenvalue weighted by atomic mass is 35.5. The number of rotatable bonds is 5. The number of nitrogens with zero attached hydrogens (tertiary/aromatic N) is 2. The third kappa shape index (κ3) is 4.66. The Bertz CT molecular complexity index is 682. The minimum Gasteiger partial charge on any atom is -0.273 e. The summed E-state index contributed by atoms with van der Waals surface area (Å²) in [5, 5.41) is 14.3. The van der Waals surface area contributed by atoms with Gasteiger partial charge >= 0.3 is 0 Å². The molecule has 2 aromatic rings. The average molecular weight is 324 g/mol. The van der Waals surface area contributed by atoms with Gasteiger partial charge in [0.2, 0.25) is 5.91 Å². The third-order valence-electron chi connectivity index (χ3n) is 2.49. The largest absolute Gasteiger partial charge is 0.273 e. The van der Waals surface area contributed by atoms with Gasteiger partial charge in [-0.3, -0.25) is 14.9 Å². The maximum Gasteiger partial charge on any atom is 0.269 e. The van der Waals surface area contributed by atoms with E-state index < -0.39 is 4.92 Å². The molecule has 0 aliphatic carbocycles. The van der Waals surface area contributed by atoms with Crippen molar-refractivity contribution in [3.05, 3.63) is 61.3 Å². The summed E-state index contributed by atoms with van der Waals surface area (Å²) < 4.78 is 0.647. The monoisotopic (exact) mass is 323 g/mol. The van der Waals surface area contributed by atoms with Gasteiger partial charge in [0.05, 0.1) is 21.9 Å². The van der Waals surface area contributed by atoms with E-state index in [1.165, 1.54) is 29.7 Å². The maximum absolute atomic E-state index is 11.6. The van der Waals surface area contributed by atoms with Crippen molar-refractivity contribution in [2.24, 2.45) is 5.10 Å². The van der Waals surface area contributed by atoms with Crippen molar-refractivity contribution in [1.82, 2.24) is 5.43 Å². The van der Waals surface area contributed by atoms with Crippen molar-refractivity contribution in [3.8, 4) is 0 Å². The Balaban J connectivity index is 1.86. The molecule has 0 aliphatic rings. The van der Waals surface area contributed by atoms with Crippen LogP contribution in [0.3, 0.4) is 0 Å². The summed E-state index contributed by atoms with van der Waals surface area (Å²) in [4.78, 5) is 22.5. The van der Waals surface area contributed by atoms with Crippen LogP contribution in [0.2, 0.25) is 4.34 Å². The number of thiophene rings is 1. The van der Waals surface area contributed by atoms with E-state index in [9.17, 15) is 14.9 Å². The Morgan fingerprint density at radius 3 is 2.62 bits per heavy atom. The van der Waals surface area contributed by atoms with Crippen LogP contribution in [0, 0.1) is 10.1 Å². The normalized spacial score (nSPS) is 10.7. The summed E-state index contributed by atoms with van der Waals surface area (Å²) in [6, 6.07) is 9.34. The second kappa shape index (κ2) is 6.96. The van der Waals surface area contributed by atoms with Crippen LogP contribution >= 0.6 is 22.9 Å². The Morgan fingerprint density at radius 1 is 1.33 bits per heavy atom. The second-order valence-electron chi connectivity index (χ2n) is 4.04. The van der Waals surface area contributed by atoms with Crippen LogP contribution in [-0.4, -0.2) is 17.0 Å². The van der Waals surface area contributed by atoms with Crippen molar-refractivity contribution in [2.45, 2.75) is 6.42 Å². The fourth-order valence-electron chi connectivity index (χ4n) is 1.53. The molecule has 0 fully saturated rings. The molecule has 1 aromatic carbocycles. The lowest BCUT2D eigenvalue weighted by Gasteiger charge is -2.00. The molecule has 0 saturated carbocycles. The zero-order valence-electron chi connectivity index (χ0n) is 10.7. The number of nitrogens with one attached hydrogen (secondary N) is 1. The van der Waals surface area contributed by atoms with Gasteiger partial charge in [0, 0.05) is 17.0 Å². The van der Waals surface area contributed by atoms with E-state index in [2.05, 4.69) is 10.5 Å². The predicted molar refractivity (Wildman–Crippen MR) is 81.9 cm³/mol. The molecular weight excluding hydrogens is 314 g/mol. The fourth-order valence-corrected chi connectivity index (χ4v) is 2.46. The molecule has 1 N–H and O–H groups in total. The number of hydrogen-bond donors (Lipinski definition) is 1. The molecule has 1 amide bonds. The first-order chi connectivity index (χ1) is 10.0. The minimum atomic E-state index is -0.486. The first kappa shape index (κ1) is 15.1. The number of nitro benzene ring substituents is 1. The number of non-ortho nitro benzene ring substituents is 1. The van der Waals surface area contributed by atoms with Crippen LogP contribution in [0.4, 0.5) is 5.69 Å². The van der Waals surface area contributed by atoms with Gasteiger partial charge in [-0.05, 0) is 17.7 Å². The summed E-state index contributed by atoms with van der Waals surface area (Å²) in [5.74, 6) is -0.303. The second-order valence-corrected chi connectivity index (χ2v) is 5.78. The highest BCUT2D eigenvalue weighted by Crippen LogP contribution is 2.19. The molecule has 6 nitrogen and oxygen atoms in total. The molecule has 0 unspecified atom stereocenters. The van der Waals surface area contributed by atoms with Crippen molar-refractivity contribution in [1.29, 1.82) is 0 Å². The van der Waals surface area contributed by atoms with Gasteiger partial charge in [0.25, 0.3) is 5.69 Å². The molecule has 0 atom stereocenters. The molecular formula is C13H10ClN3O3S. The number of carbonyl (C=O) groups excluding carboxylic acids is 1. The Hall–Kier alpha value is -2.25. The van der Waals surface area contributed by atoms with Crippen molar-refractivity contribution in [3.63, 3.8) is 0 Å². The lowest BCUT2D eigenvalue weighted by atomic mass is 10.1. The van der Waals surface area contributed by atoms with Crippen LogP contribution in [0.5, 0.6) is 0 Å². The van der Waals surface area contributed by atoms with Gasteiger partial charge in [-0.25, -0.2) is 5.43 Å². The molecule has 21 heavy (non-hydrogen) atoms. The lowest BCUT2D eigenvalue weighted by Crippen LogP contribution is -2.19. The van der Waals surface area contributed by atoms with Crippen molar-refractivity contribution in [2.75, 3.05) is 0 Å². The SMILES string of the molecule is O=C(Cc1ccc([N+](=O)[O-])cc1)N/N=C/c1ccc(Cl)s1. The van der Waals surface area contributed by atoms with Gasteiger partial charge in [0.15, 0.2) is 0 Å². The molecule has 1 heterocycles. The average Bonchev–Trinajstić information content (AvgIpc) is 2.85. The smallest absolute Gasteiger partial charge is 0.269 e. The van der Waals surface area contributed by atoms with E-state index in [4.69, 9.17) is 11.6 Å². The third-order valence-corrected chi connectivity index (χ3v) is 3.65. The molecule has 0 radical (unpaired) electrons. The summed E-state index contributed by atoms with van der Waals surface area (Å²) in [6.07, 6.45) is 1.60. The van der Waals surface area contributed by atoms with E-state index in [1.807, 2.05) is 0 Å². The van der Waals surface area contributed by atoms with Crippen LogP contribution in [0.15, 0.2) is 41.5 Å². The first-order valence-corrected chi connectivity index (χ1v) is 7.04. The van der Waals surface area contributed by atoms with E-state index in [-0.39, 0.29) is 18.0 Å². The standard InChI is InChI=1S/C13H10ClN3O3S/c14-12-6-5-11(21-12)8-15-16-13(18)7-9-1-3-10(4-2-9)17(19)20/h1-6,8H,7H2,(H,16,18)/b15-8+. The lowest BCUT2D eigenvalue weighted by molar-refractivity contribution is -0.384. The summed E-state index contributed by atoms with van der Waals surface area (Å²) >= 11 is 7.11. The van der Waals surface area contributed by atoms with Crippen molar-refractivity contribution < 1.29 is 9.72 Å². The summed E-state index contributed by atoms with van der Waals surface area (Å²) in [6.45, 7) is 0. The van der Waals surface area contributed by atoms with Crippen LogP contribution < -0.4 is 5.43 Å². The maximum atomic E-state index is 11.6. The molecule has 8 heteroatoms. The van der Waals surface area contributed by atoms with Crippen LogP contribution in [0.1, 0.15) is 10.4 Å². The van der Waals surface area contributed by atoms with Crippen LogP contribution in [-0.2, 0) is 11.2 Å². The highest BCUT2D eigenvalue weighted by molar-refractivity contribution is 7.17. The van der Waals surface area contributed by atoms with E-state index >= 15 is 0 Å². The minimum absolute atomic E-state index is 0.00764. The molecule has 2 rings (SSSR count). The molecule has 1 aromatic heterocycles. The molecule has 0 spiro atoms. The zero-order chi connectivity index (χ0) is 15.2. The van der Waals surface area contributed by atoms with E-state index in [0.29, 0.717) is 9.90 Å². The molecule has 108 valence electrons. The number of amides is 1. The van der Waals surface area contributed by atoms with Gasteiger partial charge in [-0.2, -0.15) is 5.10 Å². The Morgan fingerprint density at radius 2 is 2.05 bits per heavy atom. The molecule has 0 bridgehead atoms. The van der Waals surface area contributed by atoms with E-state index in [1.54, 1.807) is 24.3 Å². The first-order valence-electron chi connectivity index (χ1n) is 5.85.